The summed E-state index contributed by atoms with van der Waals surface area (Å²) in [6, 6.07) is 8.82. The smallest absolute Gasteiger partial charge is 0.338 e. The highest BCUT2D eigenvalue weighted by Crippen LogP contribution is 2.45. The zero-order valence-corrected chi connectivity index (χ0v) is 24.1. The largest absolute Gasteiger partial charge is 0.453 e. The molecule has 36 heavy (non-hydrogen) atoms. The molecule has 2 saturated heterocycles. The molecule has 9 heteroatoms. The Morgan fingerprint density at radius 3 is 2.33 bits per heavy atom. The monoisotopic (exact) mass is 526 g/mol. The van der Waals surface area contributed by atoms with E-state index in [2.05, 4.69) is 33.9 Å². The maximum Gasteiger partial charge on any atom is 0.338 e. The first-order valence-corrected chi connectivity index (χ1v) is 15.7. The maximum absolute atomic E-state index is 14.6. The fourth-order valence-electron chi connectivity index (χ4n) is 4.79. The van der Waals surface area contributed by atoms with Gasteiger partial charge in [-0.3, -0.25) is 0 Å². The molecule has 0 saturated carbocycles. The second kappa shape index (κ2) is 11.2. The Hall–Kier alpha value is -1.36. The van der Waals surface area contributed by atoms with Crippen LogP contribution in [-0.2, 0) is 28.1 Å². The molecule has 204 valence electrons. The van der Waals surface area contributed by atoms with Crippen LogP contribution in [0.5, 0.6) is 0 Å². The van der Waals surface area contributed by atoms with Gasteiger partial charge in [-0.2, -0.15) is 0 Å². The van der Waals surface area contributed by atoms with Gasteiger partial charge in [-0.15, -0.1) is 0 Å². The number of esters is 1. The molecule has 0 amide bonds. The lowest BCUT2D eigenvalue weighted by molar-refractivity contribution is -0.315. The van der Waals surface area contributed by atoms with Crippen molar-refractivity contribution in [2.24, 2.45) is 0 Å². The molecule has 0 bridgehead atoms. The van der Waals surface area contributed by atoms with Crippen LogP contribution in [0.1, 0.15) is 64.7 Å². The molecule has 2 heterocycles. The Morgan fingerprint density at radius 1 is 1.11 bits per heavy atom. The third-order valence-electron chi connectivity index (χ3n) is 7.72. The van der Waals surface area contributed by atoms with E-state index < -0.39 is 63.1 Å². The fourth-order valence-corrected chi connectivity index (χ4v) is 6.46. The number of hydrogen-bond donors (Lipinski definition) is 0. The van der Waals surface area contributed by atoms with E-state index in [4.69, 9.17) is 28.1 Å². The van der Waals surface area contributed by atoms with Crippen LogP contribution in [0.25, 0.3) is 0 Å². The molecule has 0 unspecified atom stereocenters. The first kappa shape index (κ1) is 29.2. The van der Waals surface area contributed by atoms with E-state index in [1.54, 1.807) is 38.3 Å². The second-order valence-corrected chi connectivity index (χ2v) is 16.4. The number of alkyl halides is 1. The van der Waals surface area contributed by atoms with Crippen molar-refractivity contribution in [2.75, 3.05) is 7.11 Å². The molecule has 1 aromatic rings. The molecule has 0 spiro atoms. The van der Waals surface area contributed by atoms with Crippen LogP contribution in [0.2, 0.25) is 18.1 Å². The van der Waals surface area contributed by atoms with Gasteiger partial charge in [0, 0.05) is 20.0 Å². The van der Waals surface area contributed by atoms with E-state index in [9.17, 15) is 9.18 Å². The van der Waals surface area contributed by atoms with Gasteiger partial charge in [-0.05, 0) is 51.0 Å². The van der Waals surface area contributed by atoms with Crippen molar-refractivity contribution in [2.45, 2.75) is 121 Å². The van der Waals surface area contributed by atoms with E-state index >= 15 is 0 Å². The minimum absolute atomic E-state index is 0.0548. The molecule has 0 aromatic heterocycles. The summed E-state index contributed by atoms with van der Waals surface area (Å²) in [6.07, 6.45) is -4.31. The predicted octanol–water partition coefficient (Wildman–Crippen LogP) is 5.63. The SMILES string of the molecule is CO[C@@H]1C[C@H](O[C@H]2[C@H](C)O[C@@H](F)C[C@]2(C)O[Si](C)(C)C(C)(C)C)O[C@H](C)[C@H]1OC(=O)c1ccccc1. The molecular formula is C27H43FO7Si. The molecule has 2 aliphatic rings. The predicted molar refractivity (Wildman–Crippen MR) is 137 cm³/mol. The Balaban J connectivity index is 1.75. The van der Waals surface area contributed by atoms with Gasteiger partial charge in [0.25, 0.3) is 0 Å². The number of benzene rings is 1. The van der Waals surface area contributed by atoms with Crippen LogP contribution >= 0.6 is 0 Å². The average Bonchev–Trinajstić information content (AvgIpc) is 2.77. The lowest BCUT2D eigenvalue weighted by Crippen LogP contribution is -2.63. The lowest BCUT2D eigenvalue weighted by atomic mass is 9.89. The molecule has 7 nitrogen and oxygen atoms in total. The van der Waals surface area contributed by atoms with E-state index in [0.29, 0.717) is 12.0 Å². The number of methoxy groups -OCH3 is 1. The minimum atomic E-state index is -2.25. The molecule has 2 aliphatic heterocycles. The first-order valence-electron chi connectivity index (χ1n) is 12.8. The van der Waals surface area contributed by atoms with Crippen molar-refractivity contribution < 1.29 is 37.3 Å². The minimum Gasteiger partial charge on any atom is -0.453 e. The summed E-state index contributed by atoms with van der Waals surface area (Å²) in [7, 11) is -0.675. The van der Waals surface area contributed by atoms with Crippen LogP contribution in [0.3, 0.4) is 0 Å². The van der Waals surface area contributed by atoms with Crippen molar-refractivity contribution in [1.82, 2.24) is 0 Å². The molecule has 0 N–H and O–H groups in total. The zero-order valence-electron chi connectivity index (χ0n) is 23.1. The van der Waals surface area contributed by atoms with Crippen molar-refractivity contribution in [1.29, 1.82) is 0 Å². The third-order valence-corrected chi connectivity index (χ3v) is 12.3. The Kier molecular flexibility index (Phi) is 9.06. The lowest BCUT2D eigenvalue weighted by Gasteiger charge is -2.52. The van der Waals surface area contributed by atoms with Gasteiger partial charge in [0.05, 0.1) is 23.4 Å². The van der Waals surface area contributed by atoms with Crippen molar-refractivity contribution in [3.05, 3.63) is 35.9 Å². The Morgan fingerprint density at radius 2 is 1.75 bits per heavy atom. The number of hydrogen-bond acceptors (Lipinski definition) is 7. The third kappa shape index (κ3) is 6.55. The average molecular weight is 527 g/mol. The highest BCUT2D eigenvalue weighted by Gasteiger charge is 2.54. The highest BCUT2D eigenvalue weighted by molar-refractivity contribution is 6.74. The number of ether oxygens (including phenoxy) is 5. The molecule has 0 radical (unpaired) electrons. The van der Waals surface area contributed by atoms with Gasteiger partial charge >= 0.3 is 5.97 Å². The van der Waals surface area contributed by atoms with Crippen molar-refractivity contribution in [3.63, 3.8) is 0 Å². The fraction of sp³-hybridized carbons (Fsp3) is 0.741. The quantitative estimate of drug-likeness (QED) is 0.337. The topological polar surface area (TPSA) is 72.5 Å². The van der Waals surface area contributed by atoms with Gasteiger partial charge < -0.3 is 28.1 Å². The van der Waals surface area contributed by atoms with Gasteiger partial charge in [0.2, 0.25) is 6.36 Å². The van der Waals surface area contributed by atoms with Crippen LogP contribution in [0.4, 0.5) is 4.39 Å². The summed E-state index contributed by atoms with van der Waals surface area (Å²) in [4.78, 5) is 12.7. The second-order valence-electron chi connectivity index (χ2n) is 11.7. The van der Waals surface area contributed by atoms with Crippen LogP contribution in [0, 0.1) is 0 Å². The van der Waals surface area contributed by atoms with Gasteiger partial charge in [-0.1, -0.05) is 39.0 Å². The Labute approximate surface area is 216 Å². The maximum atomic E-state index is 14.6. The highest BCUT2D eigenvalue weighted by atomic mass is 28.4. The van der Waals surface area contributed by atoms with Gasteiger partial charge in [0.15, 0.2) is 20.7 Å². The summed E-state index contributed by atoms with van der Waals surface area (Å²) in [5.74, 6) is -0.434. The molecule has 0 aliphatic carbocycles. The van der Waals surface area contributed by atoms with Crippen molar-refractivity contribution in [3.8, 4) is 0 Å². The summed E-state index contributed by atoms with van der Waals surface area (Å²) < 4.78 is 51.0. The van der Waals surface area contributed by atoms with E-state index in [-0.39, 0.29) is 11.5 Å². The van der Waals surface area contributed by atoms with Gasteiger partial charge in [0.1, 0.15) is 12.2 Å². The number of halogens is 1. The molecular weight excluding hydrogens is 483 g/mol. The summed E-state index contributed by atoms with van der Waals surface area (Å²) in [6.45, 7) is 16.3. The van der Waals surface area contributed by atoms with Crippen molar-refractivity contribution >= 4 is 14.3 Å². The molecule has 8 atom stereocenters. The number of carbonyl (C=O) groups excluding carboxylic acids is 1. The molecule has 2 fully saturated rings. The number of carbonyl (C=O) groups is 1. The van der Waals surface area contributed by atoms with E-state index in [1.165, 1.54) is 0 Å². The Bertz CT molecular complexity index is 877. The summed E-state index contributed by atoms with van der Waals surface area (Å²) in [5.41, 5.74) is -0.434. The summed E-state index contributed by atoms with van der Waals surface area (Å²) in [5, 5.41) is -0.0548. The molecule has 1 aromatic carbocycles. The normalized spacial score (nSPS) is 35.9. The van der Waals surface area contributed by atoms with Crippen LogP contribution in [-0.4, -0.2) is 70.2 Å². The zero-order chi connectivity index (χ0) is 26.9. The van der Waals surface area contributed by atoms with E-state index in [0.717, 1.165) is 0 Å². The first-order chi connectivity index (χ1) is 16.7. The van der Waals surface area contributed by atoms with Crippen LogP contribution in [0.15, 0.2) is 30.3 Å². The molecule has 3 rings (SSSR count). The van der Waals surface area contributed by atoms with E-state index in [1.807, 2.05) is 19.9 Å². The summed E-state index contributed by atoms with van der Waals surface area (Å²) >= 11 is 0. The van der Waals surface area contributed by atoms with Crippen LogP contribution < -0.4 is 0 Å². The standard InChI is InChI=1S/C27H43FO7Si/c1-17-23(34-25(29)19-13-11-10-12-14-19)20(30-7)15-22(32-17)33-24-18(2)31-21(28)16-27(24,6)35-36(8,9)26(3,4)5/h10-14,17-18,20-24H,15-16H2,1-9H3/t17-,18+,20-,21-,22+,23-,24+,27+/m1/s1. The number of rotatable bonds is 7. The van der Waals surface area contributed by atoms with Gasteiger partial charge in [-0.25, -0.2) is 9.18 Å².